The molecule has 6 nitrogen and oxygen atoms in total. The summed E-state index contributed by atoms with van der Waals surface area (Å²) in [6, 6.07) is 2.72. The third kappa shape index (κ3) is 6.12. The Morgan fingerprint density at radius 3 is 2.65 bits per heavy atom. The second kappa shape index (κ2) is 6.83. The Kier molecular flexibility index (Phi) is 5.42. The van der Waals surface area contributed by atoms with E-state index in [0.717, 1.165) is 0 Å². The predicted octanol–water partition coefficient (Wildman–Crippen LogP) is 1.36. The highest BCUT2D eigenvalue weighted by atomic mass is 19.1. The van der Waals surface area contributed by atoms with E-state index in [1.807, 2.05) is 0 Å². The number of hydrogen-bond donors (Lipinski definition) is 2. The van der Waals surface area contributed by atoms with Gasteiger partial charge in [-0.15, -0.1) is 0 Å². The first-order chi connectivity index (χ1) is 9.28. The fraction of sp³-hybridized carbons (Fsp3) is 0.462. The maximum Gasteiger partial charge on any atom is 0.408 e. The van der Waals surface area contributed by atoms with E-state index in [2.05, 4.69) is 15.6 Å². The van der Waals surface area contributed by atoms with Gasteiger partial charge in [-0.25, -0.2) is 9.18 Å². The summed E-state index contributed by atoms with van der Waals surface area (Å²) in [5.74, 6) is -0.950. The second-order valence-corrected chi connectivity index (χ2v) is 5.06. The lowest BCUT2D eigenvalue weighted by atomic mass is 10.2. The predicted molar refractivity (Wildman–Crippen MR) is 70.3 cm³/mol. The Hall–Kier alpha value is -2.18. The van der Waals surface area contributed by atoms with Crippen LogP contribution in [0.15, 0.2) is 18.3 Å². The summed E-state index contributed by atoms with van der Waals surface area (Å²) in [7, 11) is 0. The third-order valence-corrected chi connectivity index (χ3v) is 2.08. The number of ether oxygens (including phenoxy) is 1. The molecule has 0 spiro atoms. The van der Waals surface area contributed by atoms with Gasteiger partial charge in [0.2, 0.25) is 5.91 Å². The summed E-state index contributed by atoms with van der Waals surface area (Å²) in [6.07, 6.45) is 0.750. The Morgan fingerprint density at radius 1 is 1.35 bits per heavy atom. The van der Waals surface area contributed by atoms with Gasteiger partial charge in [-0.1, -0.05) is 0 Å². The molecule has 2 N–H and O–H groups in total. The van der Waals surface area contributed by atoms with Crippen LogP contribution in [0.2, 0.25) is 0 Å². The van der Waals surface area contributed by atoms with Gasteiger partial charge in [0.1, 0.15) is 18.0 Å². The Labute approximate surface area is 116 Å². The summed E-state index contributed by atoms with van der Waals surface area (Å²) in [4.78, 5) is 26.6. The smallest absolute Gasteiger partial charge is 0.408 e. The molecule has 0 aliphatic carbocycles. The molecule has 1 aromatic rings. The number of carbonyl (C=O) groups is 2. The number of amides is 2. The highest BCUT2D eigenvalue weighted by Crippen LogP contribution is 2.06. The monoisotopic (exact) mass is 283 g/mol. The standard InChI is InChI=1S/C13H18FN3O3/c1-13(2,3)20-12(19)17-8-11(18)16-7-10-9(14)5-4-6-15-10/h4-6H,7-8H2,1-3H3,(H,16,18)(H,17,19). The fourth-order valence-corrected chi connectivity index (χ4v) is 1.26. The SMILES string of the molecule is CC(C)(C)OC(=O)NCC(=O)NCc1ncccc1F. The van der Waals surface area contributed by atoms with Crippen LogP contribution in [0.5, 0.6) is 0 Å². The van der Waals surface area contributed by atoms with Gasteiger partial charge in [-0.2, -0.15) is 0 Å². The number of nitrogens with zero attached hydrogens (tertiary/aromatic N) is 1. The summed E-state index contributed by atoms with van der Waals surface area (Å²) < 4.78 is 18.2. The molecule has 0 fully saturated rings. The number of aromatic nitrogens is 1. The fourth-order valence-electron chi connectivity index (χ4n) is 1.26. The largest absolute Gasteiger partial charge is 0.444 e. The molecule has 0 unspecified atom stereocenters. The minimum atomic E-state index is -0.684. The number of hydrogen-bond acceptors (Lipinski definition) is 4. The van der Waals surface area contributed by atoms with Gasteiger partial charge in [0.25, 0.3) is 0 Å². The van der Waals surface area contributed by atoms with Crippen molar-refractivity contribution in [3.63, 3.8) is 0 Å². The molecule has 0 radical (unpaired) electrons. The van der Waals surface area contributed by atoms with Gasteiger partial charge in [0, 0.05) is 6.20 Å². The summed E-state index contributed by atoms with van der Waals surface area (Å²) in [5, 5.41) is 4.75. The van der Waals surface area contributed by atoms with Crippen molar-refractivity contribution in [3.8, 4) is 0 Å². The summed E-state index contributed by atoms with van der Waals surface area (Å²) in [5.41, 5.74) is -0.490. The molecule has 0 saturated carbocycles. The van der Waals surface area contributed by atoms with Crippen molar-refractivity contribution in [3.05, 3.63) is 29.8 Å². The minimum absolute atomic E-state index is 0.0402. The molecule has 1 rings (SSSR count). The highest BCUT2D eigenvalue weighted by molar-refractivity contribution is 5.82. The number of pyridine rings is 1. The molecule has 0 aromatic carbocycles. The van der Waals surface area contributed by atoms with E-state index in [-0.39, 0.29) is 18.8 Å². The van der Waals surface area contributed by atoms with Gasteiger partial charge >= 0.3 is 6.09 Å². The maximum absolute atomic E-state index is 13.2. The molecule has 0 bridgehead atoms. The molecular weight excluding hydrogens is 265 g/mol. The average Bonchev–Trinajstić information content (AvgIpc) is 2.33. The summed E-state index contributed by atoms with van der Waals surface area (Å²) in [6.45, 7) is 4.87. The molecule has 7 heteroatoms. The average molecular weight is 283 g/mol. The molecule has 0 saturated heterocycles. The number of rotatable bonds is 4. The lowest BCUT2D eigenvalue weighted by molar-refractivity contribution is -0.120. The highest BCUT2D eigenvalue weighted by Gasteiger charge is 2.16. The van der Waals surface area contributed by atoms with Crippen LogP contribution in [0.25, 0.3) is 0 Å². The zero-order chi connectivity index (χ0) is 15.2. The van der Waals surface area contributed by atoms with Crippen LogP contribution < -0.4 is 10.6 Å². The Balaban J connectivity index is 2.31. The number of halogens is 1. The quantitative estimate of drug-likeness (QED) is 0.874. The van der Waals surface area contributed by atoms with Crippen molar-refractivity contribution in [1.82, 2.24) is 15.6 Å². The van der Waals surface area contributed by atoms with E-state index in [1.165, 1.54) is 18.3 Å². The normalized spacial score (nSPS) is 10.8. The van der Waals surface area contributed by atoms with E-state index < -0.39 is 23.4 Å². The van der Waals surface area contributed by atoms with E-state index in [1.54, 1.807) is 20.8 Å². The summed E-state index contributed by atoms with van der Waals surface area (Å²) >= 11 is 0. The number of nitrogens with one attached hydrogen (secondary N) is 2. The Morgan fingerprint density at radius 2 is 2.05 bits per heavy atom. The van der Waals surface area contributed by atoms with Crippen LogP contribution in [0.4, 0.5) is 9.18 Å². The molecule has 0 aliphatic heterocycles. The maximum atomic E-state index is 13.2. The van der Waals surface area contributed by atoms with Gasteiger partial charge < -0.3 is 15.4 Å². The van der Waals surface area contributed by atoms with Gasteiger partial charge in [0.05, 0.1) is 12.2 Å². The molecule has 0 atom stereocenters. The first-order valence-electron chi connectivity index (χ1n) is 6.11. The van der Waals surface area contributed by atoms with Crippen molar-refractivity contribution in [2.24, 2.45) is 0 Å². The Bertz CT molecular complexity index is 486. The lowest BCUT2D eigenvalue weighted by Gasteiger charge is -2.19. The van der Waals surface area contributed by atoms with Gasteiger partial charge in [-0.05, 0) is 32.9 Å². The topological polar surface area (TPSA) is 80.3 Å². The van der Waals surface area contributed by atoms with Crippen LogP contribution in [0, 0.1) is 5.82 Å². The van der Waals surface area contributed by atoms with Crippen LogP contribution >= 0.6 is 0 Å². The zero-order valence-corrected chi connectivity index (χ0v) is 11.7. The van der Waals surface area contributed by atoms with Crippen molar-refractivity contribution in [2.75, 3.05) is 6.54 Å². The van der Waals surface area contributed by atoms with Crippen molar-refractivity contribution in [1.29, 1.82) is 0 Å². The first kappa shape index (κ1) is 15.9. The van der Waals surface area contributed by atoms with Gasteiger partial charge in [-0.3, -0.25) is 9.78 Å². The second-order valence-electron chi connectivity index (χ2n) is 5.06. The van der Waals surface area contributed by atoms with Gasteiger partial charge in [0.15, 0.2) is 0 Å². The molecule has 2 amide bonds. The minimum Gasteiger partial charge on any atom is -0.444 e. The van der Waals surface area contributed by atoms with E-state index in [4.69, 9.17) is 4.74 Å². The molecule has 1 aromatic heterocycles. The number of carbonyl (C=O) groups excluding carboxylic acids is 2. The molecule has 0 aliphatic rings. The van der Waals surface area contributed by atoms with Crippen molar-refractivity contribution in [2.45, 2.75) is 32.9 Å². The molecule has 20 heavy (non-hydrogen) atoms. The van der Waals surface area contributed by atoms with E-state index in [9.17, 15) is 14.0 Å². The van der Waals surface area contributed by atoms with Crippen molar-refractivity contribution < 1.29 is 18.7 Å². The zero-order valence-electron chi connectivity index (χ0n) is 11.7. The molecule has 110 valence electrons. The van der Waals surface area contributed by atoms with Crippen LogP contribution in [0.3, 0.4) is 0 Å². The molecule has 1 heterocycles. The van der Waals surface area contributed by atoms with E-state index in [0.29, 0.717) is 0 Å². The third-order valence-electron chi connectivity index (χ3n) is 2.08. The molecular formula is C13H18FN3O3. The van der Waals surface area contributed by atoms with Crippen LogP contribution in [-0.4, -0.2) is 29.1 Å². The van der Waals surface area contributed by atoms with E-state index >= 15 is 0 Å². The van der Waals surface area contributed by atoms with Crippen LogP contribution in [0.1, 0.15) is 26.5 Å². The lowest BCUT2D eigenvalue weighted by Crippen LogP contribution is -2.39. The first-order valence-corrected chi connectivity index (χ1v) is 6.11. The van der Waals surface area contributed by atoms with Crippen molar-refractivity contribution >= 4 is 12.0 Å². The van der Waals surface area contributed by atoms with Crippen LogP contribution in [-0.2, 0) is 16.1 Å². The number of alkyl carbamates (subject to hydrolysis) is 1.